The first kappa shape index (κ1) is 18.1. The molecule has 0 aromatic heterocycles. The molecule has 3 aromatic carbocycles. The molecule has 0 aliphatic heterocycles. The summed E-state index contributed by atoms with van der Waals surface area (Å²) in [5.74, 6) is 0.204. The summed E-state index contributed by atoms with van der Waals surface area (Å²) in [6, 6.07) is 21.6. The summed E-state index contributed by atoms with van der Waals surface area (Å²) in [4.78, 5) is 12.7. The van der Waals surface area contributed by atoms with Crippen molar-refractivity contribution < 1.29 is 4.79 Å². The second kappa shape index (κ2) is 8.11. The fourth-order valence-electron chi connectivity index (χ4n) is 3.01. The Morgan fingerprint density at radius 1 is 1.00 bits per heavy atom. The number of fused-ring (bicyclic) bond motifs is 1. The second-order valence-electron chi connectivity index (χ2n) is 6.33. The molecule has 0 radical (unpaired) electrons. The molecule has 0 saturated heterocycles. The Hall–Kier alpha value is -2.72. The topological polar surface area (TPSA) is 41.1 Å². The van der Waals surface area contributed by atoms with Gasteiger partial charge in [0.15, 0.2) is 5.11 Å². The van der Waals surface area contributed by atoms with Gasteiger partial charge in [0.1, 0.15) is 0 Å². The van der Waals surface area contributed by atoms with Crippen LogP contribution in [-0.2, 0) is 0 Å². The lowest BCUT2D eigenvalue weighted by atomic mass is 9.97. The molecule has 0 bridgehead atoms. The molecule has 3 rings (SSSR count). The number of nitrogens with one attached hydrogen (secondary N) is 2. The van der Waals surface area contributed by atoms with Gasteiger partial charge in [-0.05, 0) is 53.0 Å². The van der Waals surface area contributed by atoms with Gasteiger partial charge in [-0.1, -0.05) is 68.4 Å². The molecular formula is C22H22N2OS. The van der Waals surface area contributed by atoms with Crippen molar-refractivity contribution in [3.05, 3.63) is 77.9 Å². The molecule has 0 spiro atoms. The normalized spacial score (nSPS) is 11.8. The van der Waals surface area contributed by atoms with Crippen molar-refractivity contribution in [1.29, 1.82) is 0 Å². The Morgan fingerprint density at radius 2 is 1.69 bits per heavy atom. The molecule has 1 amide bonds. The van der Waals surface area contributed by atoms with Crippen LogP contribution in [0.4, 0.5) is 5.69 Å². The molecule has 0 heterocycles. The van der Waals surface area contributed by atoms with Crippen LogP contribution in [0.3, 0.4) is 0 Å². The Balaban J connectivity index is 1.77. The predicted molar refractivity (Wildman–Crippen MR) is 113 cm³/mol. The largest absolute Gasteiger partial charge is 0.332 e. The highest BCUT2D eigenvalue weighted by Gasteiger charge is 2.13. The number of carbonyl (C=O) groups excluding carboxylic acids is 1. The lowest BCUT2D eigenvalue weighted by Gasteiger charge is -2.17. The average Bonchev–Trinajstić information content (AvgIpc) is 2.67. The van der Waals surface area contributed by atoms with Gasteiger partial charge in [0.05, 0.1) is 0 Å². The highest BCUT2D eigenvalue weighted by atomic mass is 32.1. The Bertz CT molecular complexity index is 946. The van der Waals surface area contributed by atoms with E-state index in [-0.39, 0.29) is 5.91 Å². The summed E-state index contributed by atoms with van der Waals surface area (Å²) >= 11 is 5.37. The fourth-order valence-corrected chi connectivity index (χ4v) is 3.21. The van der Waals surface area contributed by atoms with E-state index in [9.17, 15) is 4.79 Å². The van der Waals surface area contributed by atoms with Gasteiger partial charge in [0.25, 0.3) is 5.91 Å². The summed E-state index contributed by atoms with van der Waals surface area (Å²) in [6.07, 6.45) is 1.04. The summed E-state index contributed by atoms with van der Waals surface area (Å²) < 4.78 is 0. The van der Waals surface area contributed by atoms with Crippen LogP contribution in [0.1, 0.15) is 42.1 Å². The lowest BCUT2D eigenvalue weighted by Crippen LogP contribution is -2.34. The van der Waals surface area contributed by atoms with Crippen molar-refractivity contribution in [2.45, 2.75) is 26.2 Å². The fraction of sp³-hybridized carbons (Fsp3) is 0.182. The highest BCUT2D eigenvalue weighted by molar-refractivity contribution is 7.80. The third kappa shape index (κ3) is 3.92. The molecule has 0 aliphatic carbocycles. The van der Waals surface area contributed by atoms with Crippen LogP contribution >= 0.6 is 12.2 Å². The molecule has 1 atom stereocenters. The van der Waals surface area contributed by atoms with E-state index in [1.165, 1.54) is 5.56 Å². The van der Waals surface area contributed by atoms with Gasteiger partial charge in [-0.3, -0.25) is 10.1 Å². The molecule has 3 aromatic rings. The molecule has 132 valence electrons. The number of carbonyl (C=O) groups is 1. The number of rotatable bonds is 4. The molecule has 1 unspecified atom stereocenters. The van der Waals surface area contributed by atoms with Crippen molar-refractivity contribution >= 4 is 39.7 Å². The van der Waals surface area contributed by atoms with E-state index in [2.05, 4.69) is 30.5 Å². The minimum absolute atomic E-state index is 0.208. The number of para-hydroxylation sites is 1. The maximum Gasteiger partial charge on any atom is 0.258 e. The van der Waals surface area contributed by atoms with Crippen molar-refractivity contribution in [3.8, 4) is 0 Å². The first-order chi connectivity index (χ1) is 12.6. The van der Waals surface area contributed by atoms with Crippen molar-refractivity contribution in [1.82, 2.24) is 5.32 Å². The Kier molecular flexibility index (Phi) is 5.64. The zero-order chi connectivity index (χ0) is 18.5. The lowest BCUT2D eigenvalue weighted by molar-refractivity contribution is 0.0979. The third-order valence-electron chi connectivity index (χ3n) is 4.61. The minimum Gasteiger partial charge on any atom is -0.332 e. The van der Waals surface area contributed by atoms with E-state index >= 15 is 0 Å². The van der Waals surface area contributed by atoms with Crippen molar-refractivity contribution in [2.75, 3.05) is 5.32 Å². The van der Waals surface area contributed by atoms with E-state index in [0.29, 0.717) is 16.6 Å². The monoisotopic (exact) mass is 362 g/mol. The van der Waals surface area contributed by atoms with Crippen LogP contribution in [0.15, 0.2) is 66.7 Å². The van der Waals surface area contributed by atoms with Crippen LogP contribution in [0.2, 0.25) is 0 Å². The summed E-state index contributed by atoms with van der Waals surface area (Å²) in [7, 11) is 0. The predicted octanol–water partition coefficient (Wildman–Crippen LogP) is 5.48. The van der Waals surface area contributed by atoms with Gasteiger partial charge < -0.3 is 5.32 Å². The maximum absolute atomic E-state index is 12.7. The number of benzene rings is 3. The average molecular weight is 362 g/mol. The van der Waals surface area contributed by atoms with Gasteiger partial charge in [0.2, 0.25) is 0 Å². The summed E-state index contributed by atoms with van der Waals surface area (Å²) in [5.41, 5.74) is 2.74. The number of thiocarbonyl (C=S) groups is 1. The highest BCUT2D eigenvalue weighted by Crippen LogP contribution is 2.26. The van der Waals surface area contributed by atoms with Crippen LogP contribution in [0.25, 0.3) is 10.8 Å². The van der Waals surface area contributed by atoms with Gasteiger partial charge in [0, 0.05) is 11.3 Å². The van der Waals surface area contributed by atoms with E-state index in [0.717, 1.165) is 22.9 Å². The van der Waals surface area contributed by atoms with Crippen molar-refractivity contribution in [2.24, 2.45) is 0 Å². The number of hydrogen-bond donors (Lipinski definition) is 2. The maximum atomic E-state index is 12.7. The van der Waals surface area contributed by atoms with E-state index < -0.39 is 0 Å². The zero-order valence-electron chi connectivity index (χ0n) is 15.0. The van der Waals surface area contributed by atoms with Crippen LogP contribution < -0.4 is 10.6 Å². The van der Waals surface area contributed by atoms with Crippen LogP contribution in [0.5, 0.6) is 0 Å². The van der Waals surface area contributed by atoms with E-state index in [4.69, 9.17) is 12.2 Å². The number of anilines is 1. The van der Waals surface area contributed by atoms with Gasteiger partial charge >= 0.3 is 0 Å². The third-order valence-corrected chi connectivity index (χ3v) is 4.82. The second-order valence-corrected chi connectivity index (χ2v) is 6.74. The number of hydrogen-bond acceptors (Lipinski definition) is 2. The van der Waals surface area contributed by atoms with E-state index in [1.807, 2.05) is 60.7 Å². The Labute approximate surface area is 159 Å². The van der Waals surface area contributed by atoms with Gasteiger partial charge in [-0.25, -0.2) is 0 Å². The first-order valence-corrected chi connectivity index (χ1v) is 9.20. The van der Waals surface area contributed by atoms with Gasteiger partial charge in [-0.15, -0.1) is 0 Å². The minimum atomic E-state index is -0.208. The standard InChI is InChI=1S/C22H22N2OS/c1-3-15(2)17-11-6-7-14-20(17)23-22(26)24-21(25)19-13-8-10-16-9-4-5-12-18(16)19/h4-15H,3H2,1-2H3,(H2,23,24,25,26). The molecule has 0 fully saturated rings. The van der Waals surface area contributed by atoms with E-state index in [1.54, 1.807) is 0 Å². The molecule has 0 aliphatic rings. The Morgan fingerprint density at radius 3 is 2.50 bits per heavy atom. The SMILES string of the molecule is CCC(C)c1ccccc1NC(=S)NC(=O)c1cccc2ccccc12. The smallest absolute Gasteiger partial charge is 0.258 e. The van der Waals surface area contributed by atoms with Gasteiger partial charge in [-0.2, -0.15) is 0 Å². The zero-order valence-corrected chi connectivity index (χ0v) is 15.8. The van der Waals surface area contributed by atoms with Crippen LogP contribution in [-0.4, -0.2) is 11.0 Å². The number of amides is 1. The molecule has 26 heavy (non-hydrogen) atoms. The molecular weight excluding hydrogens is 340 g/mol. The molecule has 0 saturated carbocycles. The quantitative estimate of drug-likeness (QED) is 0.604. The summed E-state index contributed by atoms with van der Waals surface area (Å²) in [5, 5.41) is 8.22. The first-order valence-electron chi connectivity index (χ1n) is 8.79. The summed E-state index contributed by atoms with van der Waals surface area (Å²) in [6.45, 7) is 4.33. The van der Waals surface area contributed by atoms with Crippen molar-refractivity contribution in [3.63, 3.8) is 0 Å². The molecule has 2 N–H and O–H groups in total. The van der Waals surface area contributed by atoms with Crippen LogP contribution in [0, 0.1) is 0 Å². The molecule has 4 heteroatoms. The molecule has 3 nitrogen and oxygen atoms in total.